The van der Waals surface area contributed by atoms with E-state index in [4.69, 9.17) is 5.73 Å². The first-order valence-corrected chi connectivity index (χ1v) is 6.24. The molecule has 0 amide bonds. The Morgan fingerprint density at radius 3 is 2.41 bits per heavy atom. The standard InChI is InChI=1S/C12H26N4.HI/c1-5-16(10-6-7-10)9-8-14-11(13)15-12(2,3)4;/h10H,5-9H2,1-4H3,(H3,13,14,15);1H. The van der Waals surface area contributed by atoms with Crippen LogP contribution in [0.5, 0.6) is 0 Å². The van der Waals surface area contributed by atoms with Crippen LogP contribution in [0.2, 0.25) is 0 Å². The molecule has 0 heterocycles. The minimum atomic E-state index is -0.00544. The number of nitrogens with one attached hydrogen (secondary N) is 1. The molecule has 4 nitrogen and oxygen atoms in total. The lowest BCUT2D eigenvalue weighted by Crippen LogP contribution is -2.45. The summed E-state index contributed by atoms with van der Waals surface area (Å²) in [5, 5.41) is 3.16. The minimum Gasteiger partial charge on any atom is -0.370 e. The van der Waals surface area contributed by atoms with Crippen molar-refractivity contribution in [1.29, 1.82) is 0 Å². The van der Waals surface area contributed by atoms with Crippen molar-refractivity contribution in [2.24, 2.45) is 10.7 Å². The highest BCUT2D eigenvalue weighted by molar-refractivity contribution is 14.0. The van der Waals surface area contributed by atoms with E-state index in [1.165, 1.54) is 12.8 Å². The molecule has 0 radical (unpaired) electrons. The number of hydrogen-bond donors (Lipinski definition) is 2. The second-order valence-electron chi connectivity index (χ2n) is 5.50. The van der Waals surface area contributed by atoms with Gasteiger partial charge in [-0.05, 0) is 40.2 Å². The van der Waals surface area contributed by atoms with Crippen molar-refractivity contribution in [3.63, 3.8) is 0 Å². The summed E-state index contributed by atoms with van der Waals surface area (Å²) in [6.07, 6.45) is 2.71. The number of nitrogens with zero attached hydrogens (tertiary/aromatic N) is 2. The molecule has 1 fully saturated rings. The highest BCUT2D eigenvalue weighted by atomic mass is 127. The zero-order valence-electron chi connectivity index (χ0n) is 11.5. The van der Waals surface area contributed by atoms with E-state index >= 15 is 0 Å². The van der Waals surface area contributed by atoms with Gasteiger partial charge in [0.05, 0.1) is 6.54 Å². The normalized spacial score (nSPS) is 16.9. The Labute approximate surface area is 122 Å². The maximum absolute atomic E-state index is 5.80. The molecule has 3 N–H and O–H groups in total. The number of likely N-dealkylation sites (N-methyl/N-ethyl adjacent to an activating group) is 1. The third kappa shape index (κ3) is 7.81. The van der Waals surface area contributed by atoms with Gasteiger partial charge in [0.1, 0.15) is 0 Å². The van der Waals surface area contributed by atoms with Gasteiger partial charge in [-0.15, -0.1) is 24.0 Å². The smallest absolute Gasteiger partial charge is 0.189 e. The first-order valence-electron chi connectivity index (χ1n) is 6.24. The van der Waals surface area contributed by atoms with Crippen LogP contribution in [0.1, 0.15) is 40.5 Å². The molecule has 0 aliphatic heterocycles. The third-order valence-corrected chi connectivity index (χ3v) is 2.64. The predicted octanol–water partition coefficient (Wildman–Crippen LogP) is 1.79. The summed E-state index contributed by atoms with van der Waals surface area (Å²) < 4.78 is 0. The second-order valence-corrected chi connectivity index (χ2v) is 5.50. The van der Waals surface area contributed by atoms with E-state index in [2.05, 4.69) is 42.9 Å². The van der Waals surface area contributed by atoms with Gasteiger partial charge in [0.15, 0.2) is 5.96 Å². The number of halogens is 1. The van der Waals surface area contributed by atoms with Gasteiger partial charge in [-0.1, -0.05) is 6.92 Å². The summed E-state index contributed by atoms with van der Waals surface area (Å²) >= 11 is 0. The average Bonchev–Trinajstić information content (AvgIpc) is 2.92. The predicted molar refractivity (Wildman–Crippen MR) is 85.1 cm³/mol. The fourth-order valence-electron chi connectivity index (χ4n) is 1.76. The maximum atomic E-state index is 5.80. The van der Waals surface area contributed by atoms with Crippen molar-refractivity contribution >= 4 is 29.9 Å². The summed E-state index contributed by atoms with van der Waals surface area (Å²) in [5.74, 6) is 0.555. The molecule has 0 unspecified atom stereocenters. The Morgan fingerprint density at radius 1 is 1.41 bits per heavy atom. The zero-order valence-corrected chi connectivity index (χ0v) is 13.8. The van der Waals surface area contributed by atoms with Crippen LogP contribution < -0.4 is 11.1 Å². The van der Waals surface area contributed by atoms with Gasteiger partial charge >= 0.3 is 0 Å². The van der Waals surface area contributed by atoms with E-state index < -0.39 is 0 Å². The molecule has 5 heteroatoms. The van der Waals surface area contributed by atoms with Gasteiger partial charge in [-0.3, -0.25) is 9.89 Å². The van der Waals surface area contributed by atoms with Crippen LogP contribution in [0.15, 0.2) is 4.99 Å². The van der Waals surface area contributed by atoms with E-state index in [1.54, 1.807) is 0 Å². The van der Waals surface area contributed by atoms with Crippen LogP contribution in [0.3, 0.4) is 0 Å². The lowest BCUT2D eigenvalue weighted by atomic mass is 10.1. The van der Waals surface area contributed by atoms with Crippen molar-refractivity contribution in [2.45, 2.75) is 52.1 Å². The van der Waals surface area contributed by atoms with Gasteiger partial charge < -0.3 is 11.1 Å². The zero-order chi connectivity index (χ0) is 12.2. The molecule has 1 saturated carbocycles. The van der Waals surface area contributed by atoms with Crippen molar-refractivity contribution in [3.05, 3.63) is 0 Å². The minimum absolute atomic E-state index is 0. The Bertz CT molecular complexity index is 243. The Balaban J connectivity index is 0.00000256. The molecule has 0 aromatic heterocycles. The van der Waals surface area contributed by atoms with Gasteiger partial charge in [0.2, 0.25) is 0 Å². The van der Waals surface area contributed by atoms with Crippen LogP contribution >= 0.6 is 24.0 Å². The summed E-state index contributed by atoms with van der Waals surface area (Å²) in [6.45, 7) is 11.4. The molecule has 102 valence electrons. The SMILES string of the molecule is CCN(CCN=C(N)NC(C)(C)C)C1CC1.I. The maximum Gasteiger partial charge on any atom is 0.189 e. The number of nitrogens with two attached hydrogens (primary N) is 1. The van der Waals surface area contributed by atoms with Crippen LogP contribution in [0, 0.1) is 0 Å². The molecular weight excluding hydrogens is 327 g/mol. The molecule has 17 heavy (non-hydrogen) atoms. The van der Waals surface area contributed by atoms with Gasteiger partial charge in [0.25, 0.3) is 0 Å². The number of aliphatic imine (C=N–C) groups is 1. The molecule has 0 spiro atoms. The number of rotatable bonds is 5. The van der Waals surface area contributed by atoms with Crippen molar-refractivity contribution < 1.29 is 0 Å². The van der Waals surface area contributed by atoms with Crippen LogP contribution in [0.25, 0.3) is 0 Å². The molecule has 1 aliphatic rings. The topological polar surface area (TPSA) is 53.6 Å². The monoisotopic (exact) mass is 354 g/mol. The summed E-state index contributed by atoms with van der Waals surface area (Å²) in [4.78, 5) is 6.83. The lowest BCUT2D eigenvalue weighted by molar-refractivity contribution is 0.286. The van der Waals surface area contributed by atoms with E-state index in [1.807, 2.05) is 0 Å². The number of hydrogen-bond acceptors (Lipinski definition) is 2. The Morgan fingerprint density at radius 2 is 2.00 bits per heavy atom. The van der Waals surface area contributed by atoms with E-state index in [-0.39, 0.29) is 29.5 Å². The molecule has 0 bridgehead atoms. The molecule has 0 saturated heterocycles. The number of guanidine groups is 1. The fourth-order valence-corrected chi connectivity index (χ4v) is 1.76. The van der Waals surface area contributed by atoms with E-state index in [0.29, 0.717) is 5.96 Å². The first-order chi connectivity index (χ1) is 7.42. The van der Waals surface area contributed by atoms with Crippen LogP contribution in [-0.2, 0) is 0 Å². The summed E-state index contributed by atoms with van der Waals surface area (Å²) in [5.41, 5.74) is 5.79. The molecule has 0 atom stereocenters. The highest BCUT2D eigenvalue weighted by Gasteiger charge is 2.27. The van der Waals surface area contributed by atoms with Crippen LogP contribution in [-0.4, -0.2) is 42.1 Å². The average molecular weight is 354 g/mol. The molecular formula is C12H27IN4. The molecule has 1 aliphatic carbocycles. The van der Waals surface area contributed by atoms with Gasteiger partial charge in [-0.2, -0.15) is 0 Å². The molecule has 1 rings (SSSR count). The lowest BCUT2D eigenvalue weighted by Gasteiger charge is -2.22. The van der Waals surface area contributed by atoms with E-state index in [9.17, 15) is 0 Å². The first kappa shape index (κ1) is 17.0. The van der Waals surface area contributed by atoms with Crippen molar-refractivity contribution in [2.75, 3.05) is 19.6 Å². The summed E-state index contributed by atoms with van der Waals surface area (Å²) in [7, 11) is 0. The quantitative estimate of drug-likeness (QED) is 0.450. The summed E-state index contributed by atoms with van der Waals surface area (Å²) in [6, 6.07) is 0.817. The Hall–Kier alpha value is -0.0400. The van der Waals surface area contributed by atoms with Gasteiger partial charge in [0, 0.05) is 18.1 Å². The Kier molecular flexibility index (Phi) is 7.39. The molecule has 0 aromatic rings. The van der Waals surface area contributed by atoms with Crippen LogP contribution in [0.4, 0.5) is 0 Å². The van der Waals surface area contributed by atoms with Crippen molar-refractivity contribution in [1.82, 2.24) is 10.2 Å². The molecule has 0 aromatic carbocycles. The largest absolute Gasteiger partial charge is 0.370 e. The van der Waals surface area contributed by atoms with Crippen molar-refractivity contribution in [3.8, 4) is 0 Å². The van der Waals surface area contributed by atoms with Gasteiger partial charge in [-0.25, -0.2) is 0 Å². The fraction of sp³-hybridized carbons (Fsp3) is 0.917. The third-order valence-electron chi connectivity index (χ3n) is 2.64. The highest BCUT2D eigenvalue weighted by Crippen LogP contribution is 2.25. The second kappa shape index (κ2) is 7.41. The van der Waals surface area contributed by atoms with E-state index in [0.717, 1.165) is 25.7 Å².